The molecule has 1 amide bonds. The summed E-state index contributed by atoms with van der Waals surface area (Å²) in [6, 6.07) is 18.7. The van der Waals surface area contributed by atoms with Gasteiger partial charge in [0.1, 0.15) is 17.0 Å². The Morgan fingerprint density at radius 3 is 2.48 bits per heavy atom. The Bertz CT molecular complexity index is 1260. The molecule has 0 fully saturated rings. The summed E-state index contributed by atoms with van der Waals surface area (Å²) in [5.74, 6) is -0.323. The highest BCUT2D eigenvalue weighted by molar-refractivity contribution is 5.94. The van der Waals surface area contributed by atoms with E-state index in [1.807, 2.05) is 36.4 Å². The third-order valence-corrected chi connectivity index (χ3v) is 5.49. The van der Waals surface area contributed by atoms with Gasteiger partial charge in [-0.1, -0.05) is 35.5 Å². The minimum atomic E-state index is -1.02. The molecule has 8 nitrogen and oxygen atoms in total. The van der Waals surface area contributed by atoms with Crippen LogP contribution in [0.4, 0.5) is 0 Å². The number of nitrogens with zero attached hydrogens (tertiary/aromatic N) is 4. The van der Waals surface area contributed by atoms with Gasteiger partial charge in [-0.3, -0.25) is 4.79 Å². The van der Waals surface area contributed by atoms with Gasteiger partial charge >= 0.3 is 5.97 Å². The zero-order valence-corrected chi connectivity index (χ0v) is 18.4. The second kappa shape index (κ2) is 9.52. The topological polar surface area (TPSA) is 101 Å². The lowest BCUT2D eigenvalue weighted by Gasteiger charge is -2.17. The molecule has 0 radical (unpaired) electrons. The molecule has 0 aliphatic carbocycles. The molecule has 0 atom stereocenters. The molecule has 168 valence electrons. The van der Waals surface area contributed by atoms with Crippen LogP contribution in [0.1, 0.15) is 38.6 Å². The van der Waals surface area contributed by atoms with Crippen LogP contribution < -0.4 is 0 Å². The highest BCUT2D eigenvalue weighted by Gasteiger charge is 2.16. The molecule has 0 saturated carbocycles. The molecule has 0 bridgehead atoms. The third-order valence-electron chi connectivity index (χ3n) is 5.49. The quantitative estimate of drug-likeness (QED) is 0.436. The molecule has 0 aliphatic rings. The lowest BCUT2D eigenvalue weighted by Crippen LogP contribution is -2.28. The summed E-state index contributed by atoms with van der Waals surface area (Å²) < 4.78 is 6.97. The summed E-state index contributed by atoms with van der Waals surface area (Å²) in [5.41, 5.74) is 3.74. The van der Waals surface area contributed by atoms with E-state index in [0.29, 0.717) is 29.9 Å². The number of aromatic nitrogens is 3. The van der Waals surface area contributed by atoms with Gasteiger partial charge in [0.25, 0.3) is 5.91 Å². The van der Waals surface area contributed by atoms with E-state index in [-0.39, 0.29) is 11.5 Å². The SMILES string of the molecule is Cc1c(C(=O)O)cnn1-c1ccc(C(=O)N(C)CCCc2cc(-c3ccccc3)no2)cc1. The fraction of sp³-hybridized carbons (Fsp3) is 0.200. The Labute approximate surface area is 191 Å². The van der Waals surface area contributed by atoms with E-state index in [1.165, 1.54) is 6.20 Å². The van der Waals surface area contributed by atoms with Crippen LogP contribution in [0.5, 0.6) is 0 Å². The number of amides is 1. The summed E-state index contributed by atoms with van der Waals surface area (Å²) >= 11 is 0. The molecule has 2 aromatic heterocycles. The standard InChI is InChI=1S/C25H24N4O4/c1-17-22(25(31)32)16-26-29(17)20-12-10-19(11-13-20)24(30)28(2)14-6-9-21-15-23(27-33-21)18-7-4-3-5-8-18/h3-5,7-8,10-13,15-16H,6,9,14H2,1-2H3,(H,31,32). The van der Waals surface area contributed by atoms with Crippen LogP contribution in [-0.2, 0) is 6.42 Å². The zero-order chi connectivity index (χ0) is 23.4. The second-order valence-electron chi connectivity index (χ2n) is 7.78. The number of carbonyl (C=O) groups excluding carboxylic acids is 1. The maximum atomic E-state index is 12.8. The van der Waals surface area contributed by atoms with E-state index in [4.69, 9.17) is 4.52 Å². The number of hydrogen-bond donors (Lipinski definition) is 1. The molecule has 4 rings (SSSR count). The Balaban J connectivity index is 1.33. The molecule has 0 unspecified atom stereocenters. The number of aryl methyl sites for hydroxylation is 1. The van der Waals surface area contributed by atoms with E-state index in [2.05, 4.69) is 10.3 Å². The smallest absolute Gasteiger partial charge is 0.339 e. The first-order valence-electron chi connectivity index (χ1n) is 10.6. The highest BCUT2D eigenvalue weighted by Crippen LogP contribution is 2.20. The molecule has 33 heavy (non-hydrogen) atoms. The number of carbonyl (C=O) groups is 2. The van der Waals surface area contributed by atoms with Crippen molar-refractivity contribution in [3.8, 4) is 16.9 Å². The predicted molar refractivity (Wildman–Crippen MR) is 122 cm³/mol. The van der Waals surface area contributed by atoms with E-state index in [9.17, 15) is 14.7 Å². The van der Waals surface area contributed by atoms with Gasteiger partial charge in [-0.2, -0.15) is 5.10 Å². The van der Waals surface area contributed by atoms with Crippen molar-refractivity contribution in [3.05, 3.63) is 89.4 Å². The summed E-state index contributed by atoms with van der Waals surface area (Å²) in [7, 11) is 1.77. The first-order chi connectivity index (χ1) is 15.9. The van der Waals surface area contributed by atoms with Crippen LogP contribution in [0.2, 0.25) is 0 Å². The van der Waals surface area contributed by atoms with Crippen LogP contribution >= 0.6 is 0 Å². The van der Waals surface area contributed by atoms with Crippen molar-refractivity contribution in [2.24, 2.45) is 0 Å². The van der Waals surface area contributed by atoms with Gasteiger partial charge in [-0.15, -0.1) is 0 Å². The molecule has 4 aromatic rings. The number of rotatable bonds is 8. The Kier molecular flexibility index (Phi) is 6.35. The van der Waals surface area contributed by atoms with Crippen molar-refractivity contribution in [2.45, 2.75) is 19.8 Å². The molecular formula is C25H24N4O4. The second-order valence-corrected chi connectivity index (χ2v) is 7.78. The molecule has 8 heteroatoms. The first-order valence-corrected chi connectivity index (χ1v) is 10.6. The van der Waals surface area contributed by atoms with Gasteiger partial charge in [0.2, 0.25) is 0 Å². The van der Waals surface area contributed by atoms with Gasteiger partial charge in [0, 0.05) is 37.2 Å². The maximum Gasteiger partial charge on any atom is 0.339 e. The Morgan fingerprint density at radius 2 is 1.82 bits per heavy atom. The third kappa shape index (κ3) is 4.85. The molecule has 2 heterocycles. The number of aromatic carboxylic acids is 1. The normalized spacial score (nSPS) is 10.8. The van der Waals surface area contributed by atoms with Crippen molar-refractivity contribution in [3.63, 3.8) is 0 Å². The van der Waals surface area contributed by atoms with Crippen LogP contribution in [0.15, 0.2) is 71.4 Å². The molecule has 0 saturated heterocycles. The molecule has 2 aromatic carbocycles. The Morgan fingerprint density at radius 1 is 1.09 bits per heavy atom. The summed E-state index contributed by atoms with van der Waals surface area (Å²) in [6.07, 6.45) is 2.75. The van der Waals surface area contributed by atoms with Crippen molar-refractivity contribution in [2.75, 3.05) is 13.6 Å². The van der Waals surface area contributed by atoms with E-state index in [0.717, 1.165) is 23.4 Å². The predicted octanol–water partition coefficient (Wildman–Crippen LogP) is 4.24. The number of benzene rings is 2. The lowest BCUT2D eigenvalue weighted by atomic mass is 10.1. The minimum absolute atomic E-state index is 0.0903. The molecule has 1 N–H and O–H groups in total. The fourth-order valence-electron chi connectivity index (χ4n) is 3.61. The number of carboxylic acid groups (broad SMARTS) is 1. The first kappa shape index (κ1) is 22.0. The fourth-order valence-corrected chi connectivity index (χ4v) is 3.61. The monoisotopic (exact) mass is 444 g/mol. The van der Waals surface area contributed by atoms with Crippen molar-refractivity contribution in [1.29, 1.82) is 0 Å². The maximum absolute atomic E-state index is 12.8. The van der Waals surface area contributed by atoms with Crippen molar-refractivity contribution < 1.29 is 19.2 Å². The van der Waals surface area contributed by atoms with Gasteiger partial charge in [0.15, 0.2) is 0 Å². The summed E-state index contributed by atoms with van der Waals surface area (Å²) in [5, 5.41) is 17.4. The van der Waals surface area contributed by atoms with Crippen LogP contribution in [0, 0.1) is 6.92 Å². The van der Waals surface area contributed by atoms with E-state index >= 15 is 0 Å². The molecule has 0 aliphatic heterocycles. The molecular weight excluding hydrogens is 420 g/mol. The van der Waals surface area contributed by atoms with Crippen LogP contribution in [0.3, 0.4) is 0 Å². The van der Waals surface area contributed by atoms with E-state index in [1.54, 1.807) is 47.8 Å². The van der Waals surface area contributed by atoms with Crippen LogP contribution in [-0.4, -0.2) is 50.4 Å². The lowest BCUT2D eigenvalue weighted by molar-refractivity contribution is 0.0695. The molecule has 0 spiro atoms. The average Bonchev–Trinajstić information content (AvgIpc) is 3.46. The minimum Gasteiger partial charge on any atom is -0.478 e. The summed E-state index contributed by atoms with van der Waals surface area (Å²) in [6.45, 7) is 2.27. The highest BCUT2D eigenvalue weighted by atomic mass is 16.5. The van der Waals surface area contributed by atoms with Gasteiger partial charge in [-0.25, -0.2) is 9.48 Å². The summed E-state index contributed by atoms with van der Waals surface area (Å²) in [4.78, 5) is 25.7. The largest absolute Gasteiger partial charge is 0.478 e. The van der Waals surface area contributed by atoms with Gasteiger partial charge in [-0.05, 0) is 37.6 Å². The Hall–Kier alpha value is -4.20. The van der Waals surface area contributed by atoms with E-state index < -0.39 is 5.97 Å². The zero-order valence-electron chi connectivity index (χ0n) is 18.4. The average molecular weight is 444 g/mol. The van der Waals surface area contributed by atoms with Crippen molar-refractivity contribution in [1.82, 2.24) is 19.8 Å². The van der Waals surface area contributed by atoms with Gasteiger partial charge < -0.3 is 14.5 Å². The number of carboxylic acids is 1. The van der Waals surface area contributed by atoms with Crippen molar-refractivity contribution >= 4 is 11.9 Å². The van der Waals surface area contributed by atoms with Crippen LogP contribution in [0.25, 0.3) is 16.9 Å². The van der Waals surface area contributed by atoms with Gasteiger partial charge in [0.05, 0.1) is 17.6 Å². The number of hydrogen-bond acceptors (Lipinski definition) is 5.